The van der Waals surface area contributed by atoms with E-state index in [9.17, 15) is 9.59 Å². The van der Waals surface area contributed by atoms with Gasteiger partial charge in [0.2, 0.25) is 0 Å². The third kappa shape index (κ3) is 6.01. The third-order valence-corrected chi connectivity index (χ3v) is 2.59. The number of rotatable bonds is 8. The molecule has 0 spiro atoms. The molecule has 2 N–H and O–H groups in total. The third-order valence-electron chi connectivity index (χ3n) is 2.59. The summed E-state index contributed by atoms with van der Waals surface area (Å²) >= 11 is 0. The summed E-state index contributed by atoms with van der Waals surface area (Å²) < 4.78 is 4.81. The SMILES string of the molecule is CCOC(=O)CCNCc1ccccc1CC(=O)O. The minimum absolute atomic E-state index is 0.00965. The zero-order valence-electron chi connectivity index (χ0n) is 11.0. The number of esters is 1. The first kappa shape index (κ1) is 15.2. The minimum atomic E-state index is -0.848. The van der Waals surface area contributed by atoms with Crippen molar-refractivity contribution >= 4 is 11.9 Å². The average molecular weight is 265 g/mol. The van der Waals surface area contributed by atoms with Gasteiger partial charge in [0.15, 0.2) is 0 Å². The van der Waals surface area contributed by atoms with Crippen LogP contribution in [0.4, 0.5) is 0 Å². The number of benzene rings is 1. The number of nitrogens with one attached hydrogen (secondary N) is 1. The second-order valence-electron chi connectivity index (χ2n) is 4.07. The summed E-state index contributed by atoms with van der Waals surface area (Å²) in [6.45, 7) is 3.22. The van der Waals surface area contributed by atoms with Gasteiger partial charge in [0.05, 0.1) is 19.4 Å². The van der Waals surface area contributed by atoms with Crippen LogP contribution in [0.3, 0.4) is 0 Å². The molecule has 5 nitrogen and oxygen atoms in total. The van der Waals surface area contributed by atoms with Crippen LogP contribution in [0.5, 0.6) is 0 Å². The first-order valence-electron chi connectivity index (χ1n) is 6.28. The van der Waals surface area contributed by atoms with E-state index < -0.39 is 5.97 Å². The molecule has 0 aliphatic heterocycles. The van der Waals surface area contributed by atoms with Crippen molar-refractivity contribution in [2.75, 3.05) is 13.2 Å². The molecule has 0 aromatic heterocycles. The van der Waals surface area contributed by atoms with E-state index in [2.05, 4.69) is 5.32 Å². The Morgan fingerprint density at radius 1 is 1.26 bits per heavy atom. The fourth-order valence-corrected chi connectivity index (χ4v) is 1.71. The molecular formula is C14H19NO4. The van der Waals surface area contributed by atoms with Gasteiger partial charge in [0, 0.05) is 13.1 Å². The van der Waals surface area contributed by atoms with Crippen molar-refractivity contribution in [2.45, 2.75) is 26.3 Å². The average Bonchev–Trinajstić information content (AvgIpc) is 2.36. The van der Waals surface area contributed by atoms with Crippen molar-refractivity contribution < 1.29 is 19.4 Å². The lowest BCUT2D eigenvalue weighted by molar-refractivity contribution is -0.143. The van der Waals surface area contributed by atoms with E-state index in [0.29, 0.717) is 26.1 Å². The summed E-state index contributed by atoms with van der Waals surface area (Å²) in [6.07, 6.45) is 0.324. The van der Waals surface area contributed by atoms with Crippen molar-refractivity contribution in [3.05, 3.63) is 35.4 Å². The Morgan fingerprint density at radius 3 is 2.58 bits per heavy atom. The van der Waals surface area contributed by atoms with E-state index in [1.165, 1.54) is 0 Å². The highest BCUT2D eigenvalue weighted by molar-refractivity contribution is 5.70. The molecular weight excluding hydrogens is 246 g/mol. The largest absolute Gasteiger partial charge is 0.481 e. The van der Waals surface area contributed by atoms with Crippen molar-refractivity contribution in [3.8, 4) is 0 Å². The highest BCUT2D eigenvalue weighted by Gasteiger charge is 2.06. The molecule has 0 saturated carbocycles. The van der Waals surface area contributed by atoms with Gasteiger partial charge in [0.25, 0.3) is 0 Å². The van der Waals surface area contributed by atoms with E-state index in [0.717, 1.165) is 11.1 Å². The van der Waals surface area contributed by atoms with Gasteiger partial charge in [-0.05, 0) is 18.1 Å². The zero-order chi connectivity index (χ0) is 14.1. The van der Waals surface area contributed by atoms with Crippen LogP contribution in [0.2, 0.25) is 0 Å². The molecule has 0 fully saturated rings. The number of carboxylic acid groups (broad SMARTS) is 1. The van der Waals surface area contributed by atoms with E-state index in [-0.39, 0.29) is 12.4 Å². The molecule has 19 heavy (non-hydrogen) atoms. The molecule has 1 aromatic rings. The van der Waals surface area contributed by atoms with Gasteiger partial charge in [-0.3, -0.25) is 9.59 Å². The highest BCUT2D eigenvalue weighted by atomic mass is 16.5. The molecule has 0 atom stereocenters. The maximum atomic E-state index is 11.1. The first-order chi connectivity index (χ1) is 9.13. The summed E-state index contributed by atoms with van der Waals surface area (Å²) in [7, 11) is 0. The second-order valence-corrected chi connectivity index (χ2v) is 4.07. The van der Waals surface area contributed by atoms with Crippen LogP contribution >= 0.6 is 0 Å². The molecule has 0 heterocycles. The molecule has 0 bridgehead atoms. The molecule has 1 aromatic carbocycles. The smallest absolute Gasteiger partial charge is 0.307 e. The van der Waals surface area contributed by atoms with E-state index >= 15 is 0 Å². The molecule has 0 radical (unpaired) electrons. The quantitative estimate of drug-likeness (QED) is 0.548. The molecule has 0 amide bonds. The first-order valence-corrected chi connectivity index (χ1v) is 6.28. The minimum Gasteiger partial charge on any atom is -0.481 e. The molecule has 0 aliphatic rings. The Balaban J connectivity index is 2.40. The summed E-state index contributed by atoms with van der Waals surface area (Å²) in [5.74, 6) is -1.08. The number of ether oxygens (including phenoxy) is 1. The Labute approximate surface area is 112 Å². The lowest BCUT2D eigenvalue weighted by Gasteiger charge is -2.09. The van der Waals surface area contributed by atoms with Gasteiger partial charge in [-0.2, -0.15) is 0 Å². The van der Waals surface area contributed by atoms with Crippen LogP contribution in [0.15, 0.2) is 24.3 Å². The molecule has 5 heteroatoms. The fraction of sp³-hybridized carbons (Fsp3) is 0.429. The van der Waals surface area contributed by atoms with Gasteiger partial charge in [-0.1, -0.05) is 24.3 Å². The standard InChI is InChI=1S/C14H19NO4/c1-2-19-14(18)7-8-15-10-12-6-4-3-5-11(12)9-13(16)17/h3-6,15H,2,7-10H2,1H3,(H,16,17). The Morgan fingerprint density at radius 2 is 1.95 bits per heavy atom. The zero-order valence-corrected chi connectivity index (χ0v) is 11.0. The maximum absolute atomic E-state index is 11.1. The van der Waals surface area contributed by atoms with Crippen molar-refractivity contribution in [2.24, 2.45) is 0 Å². The number of hydrogen-bond acceptors (Lipinski definition) is 4. The van der Waals surface area contributed by atoms with E-state index in [1.54, 1.807) is 13.0 Å². The summed E-state index contributed by atoms with van der Waals surface area (Å²) in [6, 6.07) is 7.38. The van der Waals surface area contributed by atoms with Crippen molar-refractivity contribution in [3.63, 3.8) is 0 Å². The van der Waals surface area contributed by atoms with Crippen LogP contribution in [0.1, 0.15) is 24.5 Å². The summed E-state index contributed by atoms with van der Waals surface area (Å²) in [5, 5.41) is 11.9. The van der Waals surface area contributed by atoms with Gasteiger partial charge >= 0.3 is 11.9 Å². The lowest BCUT2D eigenvalue weighted by Crippen LogP contribution is -2.20. The van der Waals surface area contributed by atoms with Gasteiger partial charge in [-0.25, -0.2) is 0 Å². The van der Waals surface area contributed by atoms with Crippen molar-refractivity contribution in [1.29, 1.82) is 0 Å². The molecule has 0 unspecified atom stereocenters. The van der Waals surface area contributed by atoms with Gasteiger partial charge in [0.1, 0.15) is 0 Å². The second kappa shape index (κ2) is 8.26. The monoisotopic (exact) mass is 265 g/mol. The molecule has 104 valence electrons. The molecule has 0 aliphatic carbocycles. The van der Waals surface area contributed by atoms with Crippen LogP contribution in [-0.2, 0) is 27.3 Å². The Bertz CT molecular complexity index is 431. The topological polar surface area (TPSA) is 75.6 Å². The fourth-order valence-electron chi connectivity index (χ4n) is 1.71. The summed E-state index contributed by atoms with van der Waals surface area (Å²) in [5.41, 5.74) is 1.73. The van der Waals surface area contributed by atoms with E-state index in [1.807, 2.05) is 18.2 Å². The number of hydrogen-bond donors (Lipinski definition) is 2. The number of aliphatic carboxylic acids is 1. The normalized spacial score (nSPS) is 10.2. The van der Waals surface area contributed by atoms with Crippen LogP contribution in [0.25, 0.3) is 0 Å². The molecule has 0 saturated heterocycles. The maximum Gasteiger partial charge on any atom is 0.307 e. The molecule has 1 rings (SSSR count). The Hall–Kier alpha value is -1.88. The van der Waals surface area contributed by atoms with Crippen LogP contribution in [-0.4, -0.2) is 30.2 Å². The highest BCUT2D eigenvalue weighted by Crippen LogP contribution is 2.09. The predicted molar refractivity (Wildman–Crippen MR) is 70.7 cm³/mol. The number of carboxylic acids is 1. The van der Waals surface area contributed by atoms with Gasteiger partial charge in [-0.15, -0.1) is 0 Å². The summed E-state index contributed by atoms with van der Waals surface area (Å²) in [4.78, 5) is 21.9. The predicted octanol–water partition coefficient (Wildman–Crippen LogP) is 1.36. The van der Waals surface area contributed by atoms with E-state index in [4.69, 9.17) is 9.84 Å². The Kier molecular flexibility index (Phi) is 6.60. The number of carbonyl (C=O) groups is 2. The van der Waals surface area contributed by atoms with Crippen LogP contribution in [0, 0.1) is 0 Å². The lowest BCUT2D eigenvalue weighted by atomic mass is 10.0. The van der Waals surface area contributed by atoms with Crippen molar-refractivity contribution in [1.82, 2.24) is 5.32 Å². The van der Waals surface area contributed by atoms with Crippen LogP contribution < -0.4 is 5.32 Å². The van der Waals surface area contributed by atoms with Gasteiger partial charge < -0.3 is 15.2 Å². The number of carbonyl (C=O) groups excluding carboxylic acids is 1.